The molecule has 1 aromatic heterocycles. The van der Waals surface area contributed by atoms with Crippen molar-refractivity contribution in [2.75, 3.05) is 6.54 Å². The molecule has 102 valence electrons. The molecular weight excluding hydrogens is 243 g/mol. The second-order valence-electron chi connectivity index (χ2n) is 4.81. The van der Waals surface area contributed by atoms with Crippen LogP contribution in [0.2, 0.25) is 0 Å². The van der Waals surface area contributed by atoms with Gasteiger partial charge < -0.3 is 5.32 Å². The fourth-order valence-electron chi connectivity index (χ4n) is 2.38. The quantitative estimate of drug-likeness (QED) is 0.906. The Hall–Kier alpha value is -1.04. The number of aryl methyl sites for hydroxylation is 1. The Balaban J connectivity index is 2.03. The van der Waals surface area contributed by atoms with Gasteiger partial charge in [-0.25, -0.2) is 0 Å². The summed E-state index contributed by atoms with van der Waals surface area (Å²) in [5.74, 6) is -1.20. The maximum absolute atomic E-state index is 12.7. The predicted molar refractivity (Wildman–Crippen MR) is 62.0 cm³/mol. The van der Waals surface area contributed by atoms with E-state index in [4.69, 9.17) is 0 Å². The first-order chi connectivity index (χ1) is 8.50. The Labute approximate surface area is 104 Å². The van der Waals surface area contributed by atoms with Crippen molar-refractivity contribution in [3.63, 3.8) is 0 Å². The molecule has 2 atom stereocenters. The van der Waals surface area contributed by atoms with Crippen LogP contribution in [0.1, 0.15) is 37.8 Å². The standard InChI is InChI=1S/C12H18F3N3/c1-2-5-18-8-9(7-17-18)11-6-10(3-4-16-11)12(13,14)15/h7-8,10-11,16H,2-6H2,1H3. The highest BCUT2D eigenvalue weighted by Crippen LogP contribution is 2.38. The Kier molecular flexibility index (Phi) is 3.94. The fourth-order valence-corrected chi connectivity index (χ4v) is 2.38. The van der Waals surface area contributed by atoms with Gasteiger partial charge in [0.1, 0.15) is 0 Å². The lowest BCUT2D eigenvalue weighted by atomic mass is 9.89. The number of alkyl halides is 3. The zero-order valence-electron chi connectivity index (χ0n) is 10.4. The summed E-state index contributed by atoms with van der Waals surface area (Å²) in [6.45, 7) is 3.25. The number of nitrogens with one attached hydrogen (secondary N) is 1. The zero-order chi connectivity index (χ0) is 13.2. The minimum Gasteiger partial charge on any atom is -0.310 e. The van der Waals surface area contributed by atoms with Gasteiger partial charge in [0.05, 0.1) is 12.1 Å². The summed E-state index contributed by atoms with van der Waals surface area (Å²) in [4.78, 5) is 0. The summed E-state index contributed by atoms with van der Waals surface area (Å²) in [6, 6.07) is -0.226. The molecule has 6 heteroatoms. The molecular formula is C12H18F3N3. The van der Waals surface area contributed by atoms with Gasteiger partial charge in [0.15, 0.2) is 0 Å². The van der Waals surface area contributed by atoms with Crippen molar-refractivity contribution in [1.82, 2.24) is 15.1 Å². The zero-order valence-corrected chi connectivity index (χ0v) is 10.4. The summed E-state index contributed by atoms with van der Waals surface area (Å²) in [6.07, 6.45) is 0.681. The number of nitrogens with zero attached hydrogens (tertiary/aromatic N) is 2. The van der Waals surface area contributed by atoms with Crippen molar-refractivity contribution in [3.8, 4) is 0 Å². The Morgan fingerprint density at radius 3 is 2.94 bits per heavy atom. The third-order valence-corrected chi connectivity index (χ3v) is 3.37. The average Bonchev–Trinajstić information content (AvgIpc) is 2.77. The van der Waals surface area contributed by atoms with Gasteiger partial charge in [-0.05, 0) is 25.8 Å². The average molecular weight is 261 g/mol. The summed E-state index contributed by atoms with van der Waals surface area (Å²) in [5, 5.41) is 7.30. The van der Waals surface area contributed by atoms with Crippen molar-refractivity contribution >= 4 is 0 Å². The smallest absolute Gasteiger partial charge is 0.310 e. The molecule has 0 aliphatic carbocycles. The first-order valence-corrected chi connectivity index (χ1v) is 6.33. The third kappa shape index (κ3) is 3.04. The molecule has 1 aliphatic rings. The van der Waals surface area contributed by atoms with Crippen molar-refractivity contribution in [3.05, 3.63) is 18.0 Å². The van der Waals surface area contributed by atoms with Gasteiger partial charge in [-0.2, -0.15) is 18.3 Å². The lowest BCUT2D eigenvalue weighted by Crippen LogP contribution is -2.37. The van der Waals surface area contributed by atoms with Crippen LogP contribution in [0.5, 0.6) is 0 Å². The normalized spacial score (nSPS) is 25.3. The number of hydrogen-bond donors (Lipinski definition) is 1. The number of piperidine rings is 1. The van der Waals surface area contributed by atoms with E-state index < -0.39 is 12.1 Å². The Bertz CT molecular complexity index is 386. The van der Waals surface area contributed by atoms with Gasteiger partial charge in [0.25, 0.3) is 0 Å². The number of hydrogen-bond acceptors (Lipinski definition) is 2. The van der Waals surface area contributed by atoms with Crippen LogP contribution < -0.4 is 5.32 Å². The van der Waals surface area contributed by atoms with Gasteiger partial charge >= 0.3 is 6.18 Å². The van der Waals surface area contributed by atoms with E-state index >= 15 is 0 Å². The molecule has 3 nitrogen and oxygen atoms in total. The fraction of sp³-hybridized carbons (Fsp3) is 0.750. The lowest BCUT2D eigenvalue weighted by molar-refractivity contribution is -0.183. The molecule has 0 amide bonds. The summed E-state index contributed by atoms with van der Waals surface area (Å²) in [7, 11) is 0. The van der Waals surface area contributed by atoms with E-state index in [2.05, 4.69) is 10.4 Å². The van der Waals surface area contributed by atoms with Crippen molar-refractivity contribution in [2.45, 2.75) is 44.9 Å². The maximum atomic E-state index is 12.7. The van der Waals surface area contributed by atoms with Crippen LogP contribution >= 0.6 is 0 Å². The van der Waals surface area contributed by atoms with Crippen LogP contribution in [-0.2, 0) is 6.54 Å². The first kappa shape index (κ1) is 13.4. The number of rotatable bonds is 3. The van der Waals surface area contributed by atoms with Crippen LogP contribution in [0, 0.1) is 5.92 Å². The van der Waals surface area contributed by atoms with Crippen LogP contribution in [-0.4, -0.2) is 22.5 Å². The van der Waals surface area contributed by atoms with Gasteiger partial charge in [-0.15, -0.1) is 0 Å². The molecule has 1 saturated heterocycles. The van der Waals surface area contributed by atoms with E-state index in [0.29, 0.717) is 6.54 Å². The van der Waals surface area contributed by atoms with Crippen LogP contribution in [0.3, 0.4) is 0 Å². The van der Waals surface area contributed by atoms with E-state index in [-0.39, 0.29) is 18.9 Å². The molecule has 2 unspecified atom stereocenters. The van der Waals surface area contributed by atoms with E-state index in [0.717, 1.165) is 18.5 Å². The molecule has 18 heavy (non-hydrogen) atoms. The van der Waals surface area contributed by atoms with Crippen molar-refractivity contribution < 1.29 is 13.2 Å². The molecule has 2 heterocycles. The topological polar surface area (TPSA) is 29.9 Å². The minimum atomic E-state index is -4.08. The van der Waals surface area contributed by atoms with E-state index in [1.807, 2.05) is 13.1 Å². The number of aromatic nitrogens is 2. The van der Waals surface area contributed by atoms with Gasteiger partial charge in [0, 0.05) is 24.3 Å². The molecule has 1 fully saturated rings. The SMILES string of the molecule is CCCn1cc(C2CC(C(F)(F)F)CCN2)cn1. The maximum Gasteiger partial charge on any atom is 0.391 e. The molecule has 1 N–H and O–H groups in total. The molecule has 0 aromatic carbocycles. The third-order valence-electron chi connectivity index (χ3n) is 3.37. The van der Waals surface area contributed by atoms with Gasteiger partial charge in [0.2, 0.25) is 0 Å². The van der Waals surface area contributed by atoms with Crippen LogP contribution in [0.4, 0.5) is 13.2 Å². The van der Waals surface area contributed by atoms with E-state index in [9.17, 15) is 13.2 Å². The Morgan fingerprint density at radius 2 is 2.28 bits per heavy atom. The molecule has 1 aromatic rings. The van der Waals surface area contributed by atoms with E-state index in [1.54, 1.807) is 10.9 Å². The van der Waals surface area contributed by atoms with Crippen molar-refractivity contribution in [2.24, 2.45) is 5.92 Å². The molecule has 1 aliphatic heterocycles. The lowest BCUT2D eigenvalue weighted by Gasteiger charge is -2.31. The molecule has 0 spiro atoms. The largest absolute Gasteiger partial charge is 0.391 e. The van der Waals surface area contributed by atoms with Crippen LogP contribution in [0.25, 0.3) is 0 Å². The summed E-state index contributed by atoms with van der Waals surface area (Å²) < 4.78 is 39.9. The summed E-state index contributed by atoms with van der Waals surface area (Å²) in [5.41, 5.74) is 0.859. The van der Waals surface area contributed by atoms with E-state index in [1.165, 1.54) is 0 Å². The second-order valence-corrected chi connectivity index (χ2v) is 4.81. The number of halogens is 3. The Morgan fingerprint density at radius 1 is 1.50 bits per heavy atom. The predicted octanol–water partition coefficient (Wildman–Crippen LogP) is 2.90. The highest BCUT2D eigenvalue weighted by atomic mass is 19.4. The minimum absolute atomic E-state index is 0.112. The monoisotopic (exact) mass is 261 g/mol. The molecule has 0 radical (unpaired) electrons. The van der Waals surface area contributed by atoms with Gasteiger partial charge in [-0.3, -0.25) is 4.68 Å². The van der Waals surface area contributed by atoms with Crippen LogP contribution in [0.15, 0.2) is 12.4 Å². The highest BCUT2D eigenvalue weighted by molar-refractivity contribution is 5.11. The van der Waals surface area contributed by atoms with Gasteiger partial charge in [-0.1, -0.05) is 6.92 Å². The summed E-state index contributed by atoms with van der Waals surface area (Å²) >= 11 is 0. The molecule has 0 saturated carbocycles. The first-order valence-electron chi connectivity index (χ1n) is 6.33. The molecule has 2 rings (SSSR count). The molecule has 0 bridgehead atoms. The van der Waals surface area contributed by atoms with Crippen molar-refractivity contribution in [1.29, 1.82) is 0 Å². The highest BCUT2D eigenvalue weighted by Gasteiger charge is 2.42. The second kappa shape index (κ2) is 5.30.